The Morgan fingerprint density at radius 2 is 1.89 bits per heavy atom. The highest BCUT2D eigenvalue weighted by atomic mass is 32.1. The third-order valence-corrected chi connectivity index (χ3v) is 5.84. The fourth-order valence-corrected chi connectivity index (χ4v) is 4.48. The van der Waals surface area contributed by atoms with Crippen LogP contribution in [0, 0.1) is 20.8 Å². The average Bonchev–Trinajstić information content (AvgIpc) is 3.02. The minimum atomic E-state index is -0.304. The Morgan fingerprint density at radius 1 is 1.14 bits per heavy atom. The summed E-state index contributed by atoms with van der Waals surface area (Å²) in [5.74, 6) is 1.67. The molecule has 0 saturated heterocycles. The van der Waals surface area contributed by atoms with Crippen molar-refractivity contribution in [1.82, 2.24) is 15.4 Å². The second kappa shape index (κ2) is 7.20. The highest BCUT2D eigenvalue weighted by Gasteiger charge is 2.17. The Morgan fingerprint density at radius 3 is 2.68 bits per heavy atom. The SMILES string of the molecule is C/C(=N\NC(=O)c1ccc2c(c1)OCCO2)c1sc2nc(C)nc(C)c2c1C. The van der Waals surface area contributed by atoms with Crippen LogP contribution in [0.15, 0.2) is 23.3 Å². The molecule has 1 aromatic carbocycles. The van der Waals surface area contributed by atoms with Gasteiger partial charge in [0.1, 0.15) is 23.9 Å². The average molecular weight is 396 g/mol. The Kier molecular flexibility index (Phi) is 4.72. The molecule has 0 unspecified atom stereocenters. The van der Waals surface area contributed by atoms with Gasteiger partial charge in [-0.05, 0) is 51.5 Å². The number of hydrogen-bond donors (Lipinski definition) is 1. The lowest BCUT2D eigenvalue weighted by Crippen LogP contribution is -2.20. The number of fused-ring (bicyclic) bond motifs is 2. The van der Waals surface area contributed by atoms with Crippen molar-refractivity contribution in [3.05, 3.63) is 45.7 Å². The van der Waals surface area contributed by atoms with Gasteiger partial charge in [-0.25, -0.2) is 15.4 Å². The van der Waals surface area contributed by atoms with Crippen LogP contribution in [0.1, 0.15) is 39.2 Å². The van der Waals surface area contributed by atoms with E-state index in [0.29, 0.717) is 30.3 Å². The van der Waals surface area contributed by atoms with Gasteiger partial charge in [-0.15, -0.1) is 11.3 Å². The molecule has 1 amide bonds. The molecule has 0 bridgehead atoms. The summed E-state index contributed by atoms with van der Waals surface area (Å²) in [6.45, 7) is 8.76. The minimum Gasteiger partial charge on any atom is -0.486 e. The van der Waals surface area contributed by atoms with E-state index < -0.39 is 0 Å². The fraction of sp³-hybridized carbons (Fsp3) is 0.300. The molecule has 1 aliphatic heterocycles. The van der Waals surface area contributed by atoms with Crippen LogP contribution in [0.2, 0.25) is 0 Å². The summed E-state index contributed by atoms with van der Waals surface area (Å²) in [5, 5.41) is 5.35. The fourth-order valence-electron chi connectivity index (χ4n) is 3.25. The molecule has 0 spiro atoms. The molecule has 1 aliphatic rings. The number of thiophene rings is 1. The smallest absolute Gasteiger partial charge is 0.271 e. The first-order valence-corrected chi connectivity index (χ1v) is 9.74. The van der Waals surface area contributed by atoms with Crippen molar-refractivity contribution in [1.29, 1.82) is 0 Å². The summed E-state index contributed by atoms with van der Waals surface area (Å²) in [6, 6.07) is 5.10. The monoisotopic (exact) mass is 396 g/mol. The zero-order chi connectivity index (χ0) is 19.8. The first-order chi connectivity index (χ1) is 13.4. The highest BCUT2D eigenvalue weighted by Crippen LogP contribution is 2.32. The standard InChI is InChI=1S/C20H20N4O3S/c1-10-17-11(2)21-13(4)22-20(17)28-18(10)12(3)23-24-19(25)14-5-6-15-16(9-14)27-8-7-26-15/h5-6,9H,7-8H2,1-4H3,(H,24,25)/b23-12+. The van der Waals surface area contributed by atoms with Gasteiger partial charge in [0.25, 0.3) is 5.91 Å². The number of carbonyl (C=O) groups excluding carboxylic acids is 1. The summed E-state index contributed by atoms with van der Waals surface area (Å²) in [5.41, 5.74) is 5.84. The van der Waals surface area contributed by atoms with Crippen LogP contribution in [0.25, 0.3) is 10.2 Å². The topological polar surface area (TPSA) is 85.7 Å². The maximum absolute atomic E-state index is 12.5. The van der Waals surface area contributed by atoms with Crippen LogP contribution in [0.5, 0.6) is 11.5 Å². The zero-order valence-electron chi connectivity index (χ0n) is 16.1. The summed E-state index contributed by atoms with van der Waals surface area (Å²) >= 11 is 1.56. The second-order valence-electron chi connectivity index (χ2n) is 6.59. The van der Waals surface area contributed by atoms with Gasteiger partial charge in [0.05, 0.1) is 10.6 Å². The number of ether oxygens (including phenoxy) is 2. The lowest BCUT2D eigenvalue weighted by Gasteiger charge is -2.18. The molecule has 0 fully saturated rings. The molecule has 144 valence electrons. The van der Waals surface area contributed by atoms with Crippen LogP contribution in [0.3, 0.4) is 0 Å². The van der Waals surface area contributed by atoms with Crippen LogP contribution in [-0.4, -0.2) is 34.8 Å². The van der Waals surface area contributed by atoms with E-state index in [9.17, 15) is 4.79 Å². The second-order valence-corrected chi connectivity index (χ2v) is 7.59. The summed E-state index contributed by atoms with van der Waals surface area (Å²) in [6.07, 6.45) is 0. The number of rotatable bonds is 3. The number of benzene rings is 1. The molecule has 0 aliphatic carbocycles. The lowest BCUT2D eigenvalue weighted by atomic mass is 10.1. The maximum atomic E-state index is 12.5. The molecule has 7 nitrogen and oxygen atoms in total. The molecule has 1 N–H and O–H groups in total. The van der Waals surface area contributed by atoms with Gasteiger partial charge >= 0.3 is 0 Å². The van der Waals surface area contributed by atoms with E-state index in [0.717, 1.165) is 37.9 Å². The maximum Gasteiger partial charge on any atom is 0.271 e. The van der Waals surface area contributed by atoms with Crippen molar-refractivity contribution in [2.45, 2.75) is 27.7 Å². The van der Waals surface area contributed by atoms with Gasteiger partial charge in [0.15, 0.2) is 11.5 Å². The number of hydrogen-bond acceptors (Lipinski definition) is 7. The molecule has 4 rings (SSSR count). The van der Waals surface area contributed by atoms with Crippen LogP contribution in [-0.2, 0) is 0 Å². The zero-order valence-corrected chi connectivity index (χ0v) is 16.9. The quantitative estimate of drug-likeness (QED) is 0.541. The molecule has 3 heterocycles. The normalized spacial score (nSPS) is 13.6. The van der Waals surface area contributed by atoms with Gasteiger partial charge in [0, 0.05) is 16.6 Å². The summed E-state index contributed by atoms with van der Waals surface area (Å²) in [4.78, 5) is 23.4. The Labute approximate surface area is 166 Å². The van der Waals surface area contributed by atoms with Crippen LogP contribution >= 0.6 is 11.3 Å². The van der Waals surface area contributed by atoms with Crippen molar-refractivity contribution in [3.8, 4) is 11.5 Å². The van der Waals surface area contributed by atoms with Crippen LogP contribution in [0.4, 0.5) is 0 Å². The number of nitrogens with one attached hydrogen (secondary N) is 1. The van der Waals surface area contributed by atoms with E-state index in [-0.39, 0.29) is 5.91 Å². The number of carbonyl (C=O) groups is 1. The third kappa shape index (κ3) is 3.31. The van der Waals surface area contributed by atoms with Gasteiger partial charge in [0.2, 0.25) is 0 Å². The number of hydrazone groups is 1. The molecular formula is C20H20N4O3S. The molecular weight excluding hydrogens is 376 g/mol. The van der Waals surface area contributed by atoms with Crippen molar-refractivity contribution in [3.63, 3.8) is 0 Å². The molecule has 28 heavy (non-hydrogen) atoms. The number of amides is 1. The van der Waals surface area contributed by atoms with E-state index in [1.807, 2.05) is 27.7 Å². The first-order valence-electron chi connectivity index (χ1n) is 8.93. The summed E-state index contributed by atoms with van der Waals surface area (Å²) < 4.78 is 11.0. The number of aryl methyl sites for hydroxylation is 3. The van der Waals surface area contributed by atoms with Gasteiger partial charge in [-0.3, -0.25) is 4.79 Å². The predicted molar refractivity (Wildman–Crippen MR) is 109 cm³/mol. The minimum absolute atomic E-state index is 0.304. The molecule has 3 aromatic rings. The van der Waals surface area contributed by atoms with Crippen molar-refractivity contribution in [2.24, 2.45) is 5.10 Å². The van der Waals surface area contributed by atoms with Gasteiger partial charge in [-0.2, -0.15) is 5.10 Å². The molecule has 8 heteroatoms. The predicted octanol–water partition coefficient (Wildman–Crippen LogP) is 3.54. The number of aromatic nitrogens is 2. The molecule has 0 saturated carbocycles. The number of nitrogens with zero attached hydrogens (tertiary/aromatic N) is 3. The molecule has 0 atom stereocenters. The van der Waals surface area contributed by atoms with E-state index in [2.05, 4.69) is 20.5 Å². The van der Waals surface area contributed by atoms with Crippen molar-refractivity contribution >= 4 is 33.2 Å². The summed E-state index contributed by atoms with van der Waals surface area (Å²) in [7, 11) is 0. The first kappa shape index (κ1) is 18.4. The van der Waals surface area contributed by atoms with Crippen molar-refractivity contribution < 1.29 is 14.3 Å². The van der Waals surface area contributed by atoms with Gasteiger partial charge < -0.3 is 9.47 Å². The van der Waals surface area contributed by atoms with E-state index in [1.165, 1.54) is 0 Å². The van der Waals surface area contributed by atoms with E-state index >= 15 is 0 Å². The Hall–Kier alpha value is -3.00. The third-order valence-electron chi connectivity index (χ3n) is 4.54. The Bertz CT molecular complexity index is 1120. The highest BCUT2D eigenvalue weighted by molar-refractivity contribution is 7.20. The van der Waals surface area contributed by atoms with Crippen molar-refractivity contribution in [2.75, 3.05) is 13.2 Å². The van der Waals surface area contributed by atoms with Crippen LogP contribution < -0.4 is 14.9 Å². The lowest BCUT2D eigenvalue weighted by molar-refractivity contribution is 0.0953. The largest absolute Gasteiger partial charge is 0.486 e. The molecule has 2 aromatic heterocycles. The van der Waals surface area contributed by atoms with E-state index in [1.54, 1.807) is 29.5 Å². The molecule has 0 radical (unpaired) electrons. The Balaban J connectivity index is 1.58. The van der Waals surface area contributed by atoms with Gasteiger partial charge in [-0.1, -0.05) is 0 Å². The van der Waals surface area contributed by atoms with E-state index in [4.69, 9.17) is 9.47 Å².